The third-order valence-electron chi connectivity index (χ3n) is 1.01. The lowest BCUT2D eigenvalue weighted by molar-refractivity contribution is 0.171. The number of unbranched alkanes of at least 4 members (excludes halogenated alkanes) is 1. The van der Waals surface area contributed by atoms with E-state index in [0.29, 0.717) is 0 Å². The number of rotatable bonds is 6. The predicted octanol–water partition coefficient (Wildman–Crippen LogP) is 1.92. The SMILES string of the molecule is COP(=O)(O)OCCCCBr. The van der Waals surface area contributed by atoms with Gasteiger partial charge in [0.05, 0.1) is 6.61 Å². The highest BCUT2D eigenvalue weighted by Crippen LogP contribution is 2.41. The maximum absolute atomic E-state index is 10.6. The van der Waals surface area contributed by atoms with Crippen molar-refractivity contribution in [1.82, 2.24) is 0 Å². The van der Waals surface area contributed by atoms with Crippen LogP contribution in [0.3, 0.4) is 0 Å². The first-order chi connectivity index (χ1) is 5.12. The zero-order valence-corrected chi connectivity index (χ0v) is 8.81. The Balaban J connectivity index is 3.31. The second kappa shape index (κ2) is 6.14. The molecule has 0 bridgehead atoms. The molecule has 0 aliphatic heterocycles. The van der Waals surface area contributed by atoms with Crippen LogP contribution in [0.1, 0.15) is 12.8 Å². The van der Waals surface area contributed by atoms with Crippen molar-refractivity contribution in [2.24, 2.45) is 0 Å². The molecule has 0 aliphatic rings. The van der Waals surface area contributed by atoms with Crippen LogP contribution in [0.2, 0.25) is 0 Å². The van der Waals surface area contributed by atoms with Crippen molar-refractivity contribution in [2.75, 3.05) is 19.0 Å². The second-order valence-electron chi connectivity index (χ2n) is 1.88. The lowest BCUT2D eigenvalue weighted by Gasteiger charge is -2.07. The topological polar surface area (TPSA) is 55.8 Å². The molecule has 0 saturated heterocycles. The van der Waals surface area contributed by atoms with Gasteiger partial charge >= 0.3 is 7.82 Å². The lowest BCUT2D eigenvalue weighted by Crippen LogP contribution is -1.94. The van der Waals surface area contributed by atoms with Crippen LogP contribution in [0.15, 0.2) is 0 Å². The van der Waals surface area contributed by atoms with E-state index in [9.17, 15) is 4.57 Å². The molecule has 0 radical (unpaired) electrons. The van der Waals surface area contributed by atoms with Crippen LogP contribution in [0.5, 0.6) is 0 Å². The van der Waals surface area contributed by atoms with Gasteiger partial charge in [0, 0.05) is 12.4 Å². The highest BCUT2D eigenvalue weighted by molar-refractivity contribution is 9.09. The van der Waals surface area contributed by atoms with Crippen molar-refractivity contribution < 1.29 is 18.5 Å². The van der Waals surface area contributed by atoms with E-state index in [0.717, 1.165) is 25.3 Å². The Kier molecular flexibility index (Phi) is 6.47. The fourth-order valence-corrected chi connectivity index (χ4v) is 1.29. The molecule has 1 unspecified atom stereocenters. The summed E-state index contributed by atoms with van der Waals surface area (Å²) in [6.45, 7) is 0.257. The van der Waals surface area contributed by atoms with E-state index in [1.54, 1.807) is 0 Å². The first kappa shape index (κ1) is 11.6. The van der Waals surface area contributed by atoms with Crippen molar-refractivity contribution in [3.05, 3.63) is 0 Å². The van der Waals surface area contributed by atoms with Crippen molar-refractivity contribution >= 4 is 23.8 Å². The third kappa shape index (κ3) is 6.97. The van der Waals surface area contributed by atoms with Crippen molar-refractivity contribution in [3.8, 4) is 0 Å². The fourth-order valence-electron chi connectivity index (χ4n) is 0.429. The van der Waals surface area contributed by atoms with Crippen molar-refractivity contribution in [2.45, 2.75) is 12.8 Å². The fraction of sp³-hybridized carbons (Fsp3) is 1.00. The Morgan fingerprint density at radius 2 is 2.18 bits per heavy atom. The number of hydrogen-bond donors (Lipinski definition) is 1. The number of hydrogen-bond acceptors (Lipinski definition) is 3. The molecule has 4 nitrogen and oxygen atoms in total. The summed E-state index contributed by atoms with van der Waals surface area (Å²) < 4.78 is 19.4. The number of alkyl halides is 1. The third-order valence-corrected chi connectivity index (χ3v) is 2.54. The van der Waals surface area contributed by atoms with Gasteiger partial charge in [-0.25, -0.2) is 4.57 Å². The minimum absolute atomic E-state index is 0.257. The van der Waals surface area contributed by atoms with E-state index in [1.165, 1.54) is 0 Å². The molecule has 0 amide bonds. The molecule has 0 saturated carbocycles. The Morgan fingerprint density at radius 1 is 1.55 bits per heavy atom. The average Bonchev–Trinajstić information content (AvgIpc) is 1.99. The Bertz CT molecular complexity index is 140. The van der Waals surface area contributed by atoms with Crippen LogP contribution in [0.4, 0.5) is 0 Å². The van der Waals surface area contributed by atoms with Gasteiger partial charge in [-0.2, -0.15) is 0 Å². The van der Waals surface area contributed by atoms with E-state index in [4.69, 9.17) is 4.89 Å². The summed E-state index contributed by atoms with van der Waals surface area (Å²) in [7, 11) is -2.58. The van der Waals surface area contributed by atoms with Gasteiger partial charge in [0.1, 0.15) is 0 Å². The normalized spacial score (nSPS) is 16.3. The maximum atomic E-state index is 10.6. The van der Waals surface area contributed by atoms with Crippen LogP contribution < -0.4 is 0 Å². The van der Waals surface area contributed by atoms with Crippen LogP contribution in [0.25, 0.3) is 0 Å². The smallest absolute Gasteiger partial charge is 0.303 e. The van der Waals surface area contributed by atoms with Gasteiger partial charge in [-0.15, -0.1) is 0 Å². The number of phosphoric ester groups is 1. The molecule has 11 heavy (non-hydrogen) atoms. The molecule has 68 valence electrons. The highest BCUT2D eigenvalue weighted by Gasteiger charge is 2.16. The largest absolute Gasteiger partial charge is 0.471 e. The molecule has 0 fully saturated rings. The molecule has 0 spiro atoms. The molecule has 0 aliphatic carbocycles. The standard InChI is InChI=1S/C5H12BrO4P/c1-9-11(7,8)10-5-3-2-4-6/h2-5H2,1H3,(H,7,8). The minimum Gasteiger partial charge on any atom is -0.303 e. The van der Waals surface area contributed by atoms with Gasteiger partial charge in [0.25, 0.3) is 0 Å². The predicted molar refractivity (Wildman–Crippen MR) is 45.8 cm³/mol. The summed E-state index contributed by atoms with van der Waals surface area (Å²) >= 11 is 3.23. The van der Waals surface area contributed by atoms with E-state index < -0.39 is 7.82 Å². The summed E-state index contributed by atoms with van der Waals surface area (Å²) in [5.41, 5.74) is 0. The molecule has 0 aromatic heterocycles. The van der Waals surface area contributed by atoms with E-state index in [1.807, 2.05) is 0 Å². The molecule has 1 N–H and O–H groups in total. The zero-order valence-electron chi connectivity index (χ0n) is 6.33. The monoisotopic (exact) mass is 246 g/mol. The van der Waals surface area contributed by atoms with Crippen molar-refractivity contribution in [3.63, 3.8) is 0 Å². The number of phosphoric acid groups is 1. The summed E-state index contributed by atoms with van der Waals surface area (Å²) in [6, 6.07) is 0. The molecule has 0 aromatic rings. The van der Waals surface area contributed by atoms with E-state index in [2.05, 4.69) is 25.0 Å². The van der Waals surface area contributed by atoms with Gasteiger partial charge in [-0.3, -0.25) is 9.05 Å². The molecule has 0 heterocycles. The van der Waals surface area contributed by atoms with Crippen LogP contribution in [-0.2, 0) is 13.6 Å². The molecular weight excluding hydrogens is 235 g/mol. The summed E-state index contributed by atoms with van der Waals surface area (Å²) in [5.74, 6) is 0. The van der Waals surface area contributed by atoms with Gasteiger partial charge in [0.15, 0.2) is 0 Å². The van der Waals surface area contributed by atoms with E-state index >= 15 is 0 Å². The van der Waals surface area contributed by atoms with Crippen molar-refractivity contribution in [1.29, 1.82) is 0 Å². The average molecular weight is 247 g/mol. The van der Waals surface area contributed by atoms with E-state index in [-0.39, 0.29) is 6.61 Å². The number of halogens is 1. The van der Waals surface area contributed by atoms with Gasteiger partial charge in [-0.05, 0) is 12.8 Å². The maximum Gasteiger partial charge on any atom is 0.471 e. The first-order valence-electron chi connectivity index (χ1n) is 3.21. The Labute approximate surface area is 74.6 Å². The quantitative estimate of drug-likeness (QED) is 0.442. The molecule has 1 atom stereocenters. The lowest BCUT2D eigenvalue weighted by atomic mass is 10.4. The minimum atomic E-state index is -3.73. The second-order valence-corrected chi connectivity index (χ2v) is 4.23. The summed E-state index contributed by atoms with van der Waals surface area (Å²) in [4.78, 5) is 8.72. The Morgan fingerprint density at radius 3 is 2.64 bits per heavy atom. The summed E-state index contributed by atoms with van der Waals surface area (Å²) in [5, 5.41) is 0.874. The van der Waals surface area contributed by atoms with Gasteiger partial charge in [-0.1, -0.05) is 15.9 Å². The first-order valence-corrected chi connectivity index (χ1v) is 5.83. The zero-order chi connectivity index (χ0) is 8.74. The molecule has 0 rings (SSSR count). The summed E-state index contributed by atoms with van der Waals surface area (Å²) in [6.07, 6.45) is 1.67. The van der Waals surface area contributed by atoms with Crippen LogP contribution in [0, 0.1) is 0 Å². The van der Waals surface area contributed by atoms with Crippen LogP contribution >= 0.6 is 23.8 Å². The van der Waals surface area contributed by atoms with Crippen LogP contribution in [-0.4, -0.2) is 23.9 Å². The highest BCUT2D eigenvalue weighted by atomic mass is 79.9. The molecule has 6 heteroatoms. The van der Waals surface area contributed by atoms with Gasteiger partial charge in [0.2, 0.25) is 0 Å². The van der Waals surface area contributed by atoms with Gasteiger partial charge < -0.3 is 4.89 Å². The molecular formula is C5H12BrO4P. The Hall–Kier alpha value is 0.590. The molecule has 0 aromatic carbocycles.